The van der Waals surface area contributed by atoms with Gasteiger partial charge in [0.1, 0.15) is 11.9 Å². The highest BCUT2D eigenvalue weighted by Gasteiger charge is 2.58. The number of carbonyl (C=O) groups excluding carboxylic acids is 1. The van der Waals surface area contributed by atoms with Gasteiger partial charge < -0.3 is 9.84 Å². The van der Waals surface area contributed by atoms with E-state index in [9.17, 15) is 9.90 Å². The highest BCUT2D eigenvalue weighted by atomic mass is 79.9. The first kappa shape index (κ1) is 26.5. The van der Waals surface area contributed by atoms with E-state index in [0.29, 0.717) is 29.4 Å². The number of alkyl halides is 1. The number of esters is 1. The van der Waals surface area contributed by atoms with Crippen molar-refractivity contribution < 1.29 is 14.6 Å². The summed E-state index contributed by atoms with van der Waals surface area (Å²) in [6.45, 7) is 3.96. The van der Waals surface area contributed by atoms with Crippen LogP contribution in [0.1, 0.15) is 108 Å². The maximum absolute atomic E-state index is 11.8. The first-order valence-electron chi connectivity index (χ1n) is 13.6. The maximum Gasteiger partial charge on any atom is 0.302 e. The fourth-order valence-electron chi connectivity index (χ4n) is 7.82. The van der Waals surface area contributed by atoms with Crippen molar-refractivity contribution in [1.29, 1.82) is 0 Å². The number of hydrogen-bond acceptors (Lipinski definition) is 3. The summed E-state index contributed by atoms with van der Waals surface area (Å²) in [5.41, 5.74) is 2.90. The largest absolute Gasteiger partial charge is 0.507 e. The van der Waals surface area contributed by atoms with E-state index >= 15 is 0 Å². The fraction of sp³-hybridized carbons (Fsp3) is 0.759. The smallest absolute Gasteiger partial charge is 0.302 e. The van der Waals surface area contributed by atoms with Gasteiger partial charge in [-0.3, -0.25) is 4.79 Å². The molecule has 190 valence electrons. The van der Waals surface area contributed by atoms with Gasteiger partial charge in [0.2, 0.25) is 0 Å². The van der Waals surface area contributed by atoms with E-state index in [-0.39, 0.29) is 17.5 Å². The number of unbranched alkanes of at least 4 members (excludes halogenated alkanes) is 6. The molecule has 0 amide bonds. The summed E-state index contributed by atoms with van der Waals surface area (Å²) in [5.74, 6) is 2.72. The summed E-state index contributed by atoms with van der Waals surface area (Å²) in [4.78, 5) is 11.8. The van der Waals surface area contributed by atoms with Crippen molar-refractivity contribution in [3.05, 3.63) is 27.7 Å². The van der Waals surface area contributed by atoms with Crippen LogP contribution in [0.25, 0.3) is 0 Å². The van der Waals surface area contributed by atoms with Crippen molar-refractivity contribution >= 4 is 37.8 Å². The van der Waals surface area contributed by atoms with Crippen LogP contribution < -0.4 is 0 Å². The lowest BCUT2D eigenvalue weighted by Gasteiger charge is -2.53. The van der Waals surface area contributed by atoms with Gasteiger partial charge in [0.05, 0.1) is 4.47 Å². The number of fused-ring (bicyclic) bond motifs is 5. The minimum Gasteiger partial charge on any atom is -0.507 e. The number of phenols is 1. The van der Waals surface area contributed by atoms with Crippen molar-refractivity contribution in [3.8, 4) is 5.75 Å². The number of benzene rings is 1. The molecular weight excluding hydrogens is 556 g/mol. The van der Waals surface area contributed by atoms with E-state index < -0.39 is 0 Å². The van der Waals surface area contributed by atoms with Crippen LogP contribution in [0.3, 0.4) is 0 Å². The zero-order valence-electron chi connectivity index (χ0n) is 21.0. The summed E-state index contributed by atoms with van der Waals surface area (Å²) in [6.07, 6.45) is 16.2. The summed E-state index contributed by atoms with van der Waals surface area (Å²) in [6, 6.07) is 4.07. The van der Waals surface area contributed by atoms with Crippen molar-refractivity contribution in [3.63, 3.8) is 0 Å². The number of carbonyl (C=O) groups is 1. The summed E-state index contributed by atoms with van der Waals surface area (Å²) >= 11 is 7.26. The van der Waals surface area contributed by atoms with Crippen LogP contribution in [0.4, 0.5) is 0 Å². The molecule has 1 N–H and O–H groups in total. The molecule has 5 heteroatoms. The molecule has 1 aromatic rings. The molecule has 0 radical (unpaired) electrons. The minimum absolute atomic E-state index is 0.0732. The third-order valence-electron chi connectivity index (χ3n) is 9.43. The van der Waals surface area contributed by atoms with E-state index in [1.807, 2.05) is 6.07 Å². The SMILES string of the molecule is CC(=O)O[C@H]1CC[C@H]2[C@@H]3[C@H](CCCCCCCCCBr)Cc4c(ccc(O)c4Br)[C@H]3CC[C@]12C. The Morgan fingerprint density at radius 1 is 1.09 bits per heavy atom. The molecule has 0 bridgehead atoms. The maximum atomic E-state index is 11.8. The quantitative estimate of drug-likeness (QED) is 0.167. The van der Waals surface area contributed by atoms with Gasteiger partial charge in [-0.1, -0.05) is 67.4 Å². The van der Waals surface area contributed by atoms with Crippen LogP contribution in [0.15, 0.2) is 16.6 Å². The van der Waals surface area contributed by atoms with Crippen molar-refractivity contribution in [2.24, 2.45) is 23.2 Å². The van der Waals surface area contributed by atoms with Gasteiger partial charge in [-0.2, -0.15) is 0 Å². The molecule has 3 aliphatic rings. The Morgan fingerprint density at radius 2 is 1.79 bits per heavy atom. The zero-order valence-corrected chi connectivity index (χ0v) is 24.1. The molecule has 3 nitrogen and oxygen atoms in total. The third kappa shape index (κ3) is 5.41. The Hall–Kier alpha value is -0.550. The van der Waals surface area contributed by atoms with E-state index in [2.05, 4.69) is 44.8 Å². The third-order valence-corrected chi connectivity index (χ3v) is 10.9. The number of rotatable bonds is 10. The lowest BCUT2D eigenvalue weighted by atomic mass is 9.52. The van der Waals surface area contributed by atoms with E-state index in [1.54, 1.807) is 6.92 Å². The van der Waals surface area contributed by atoms with Crippen molar-refractivity contribution in [2.75, 3.05) is 5.33 Å². The van der Waals surface area contributed by atoms with E-state index in [1.165, 1.54) is 68.9 Å². The molecule has 6 atom stereocenters. The first-order valence-corrected chi connectivity index (χ1v) is 15.5. The van der Waals surface area contributed by atoms with Crippen molar-refractivity contribution in [1.82, 2.24) is 0 Å². The predicted octanol–water partition coefficient (Wildman–Crippen LogP) is 8.68. The van der Waals surface area contributed by atoms with Gasteiger partial charge in [0.25, 0.3) is 0 Å². The lowest BCUT2D eigenvalue weighted by Crippen LogP contribution is -2.48. The van der Waals surface area contributed by atoms with Gasteiger partial charge in [-0.15, -0.1) is 0 Å². The molecule has 0 aromatic heterocycles. The molecule has 34 heavy (non-hydrogen) atoms. The molecule has 0 unspecified atom stereocenters. The minimum atomic E-state index is -0.130. The molecule has 3 aliphatic carbocycles. The van der Waals surface area contributed by atoms with Gasteiger partial charge in [-0.25, -0.2) is 0 Å². The Labute approximate surface area is 223 Å². The Kier molecular flexibility index (Phi) is 9.10. The molecule has 0 aliphatic heterocycles. The average molecular weight is 598 g/mol. The fourth-order valence-corrected chi connectivity index (χ4v) is 8.74. The standard InChI is InChI=1S/C29H42Br2O3/c1-19(32)34-26-14-12-24-27-20(10-8-6-4-3-5-7-9-17-30)18-23-21(11-13-25(33)28(23)31)22(27)15-16-29(24,26)2/h11,13,20,22,24,26-27,33H,3-10,12,14-18H2,1-2H3/t20-,22-,24+,26+,27-,29+/m1/s1. The van der Waals surface area contributed by atoms with Gasteiger partial charge in [0, 0.05) is 17.7 Å². The number of ether oxygens (including phenoxy) is 1. The van der Waals surface area contributed by atoms with Gasteiger partial charge >= 0.3 is 5.97 Å². The monoisotopic (exact) mass is 596 g/mol. The number of phenolic OH excluding ortho intramolecular Hbond substituents is 1. The number of halogens is 2. The lowest BCUT2D eigenvalue weighted by molar-refractivity contribution is -0.155. The molecular formula is C29H42Br2O3. The Morgan fingerprint density at radius 3 is 2.50 bits per heavy atom. The molecule has 4 rings (SSSR count). The molecule has 2 saturated carbocycles. The second-order valence-electron chi connectivity index (χ2n) is 11.4. The molecule has 0 saturated heterocycles. The highest BCUT2D eigenvalue weighted by Crippen LogP contribution is 2.64. The second-order valence-corrected chi connectivity index (χ2v) is 13.0. The van der Waals surface area contributed by atoms with Crippen LogP contribution in [-0.4, -0.2) is 22.5 Å². The zero-order chi connectivity index (χ0) is 24.3. The Bertz CT molecular complexity index is 856. The average Bonchev–Trinajstić information content (AvgIpc) is 3.13. The second kappa shape index (κ2) is 11.7. The van der Waals surface area contributed by atoms with Crippen LogP contribution in [0, 0.1) is 23.2 Å². The van der Waals surface area contributed by atoms with Gasteiger partial charge in [0.15, 0.2) is 0 Å². The summed E-state index contributed by atoms with van der Waals surface area (Å²) in [5, 5.41) is 11.5. The van der Waals surface area contributed by atoms with E-state index in [4.69, 9.17) is 4.74 Å². The molecule has 0 heterocycles. The van der Waals surface area contributed by atoms with Crippen LogP contribution in [-0.2, 0) is 16.0 Å². The predicted molar refractivity (Wildman–Crippen MR) is 146 cm³/mol. The summed E-state index contributed by atoms with van der Waals surface area (Å²) in [7, 11) is 0. The van der Waals surface area contributed by atoms with Gasteiger partial charge in [-0.05, 0) is 102 Å². The Balaban J connectivity index is 1.50. The van der Waals surface area contributed by atoms with Crippen LogP contribution in [0.2, 0.25) is 0 Å². The highest BCUT2D eigenvalue weighted by molar-refractivity contribution is 9.10. The van der Waals surface area contributed by atoms with Crippen LogP contribution in [0.5, 0.6) is 5.75 Å². The van der Waals surface area contributed by atoms with Crippen LogP contribution >= 0.6 is 31.9 Å². The van der Waals surface area contributed by atoms with E-state index in [0.717, 1.165) is 35.5 Å². The first-order chi connectivity index (χ1) is 16.4. The van der Waals surface area contributed by atoms with Crippen molar-refractivity contribution in [2.45, 2.75) is 109 Å². The topological polar surface area (TPSA) is 46.5 Å². The molecule has 1 aromatic carbocycles. The summed E-state index contributed by atoms with van der Waals surface area (Å²) < 4.78 is 6.79. The molecule has 2 fully saturated rings. The molecule has 0 spiro atoms. The number of hydrogen-bond donors (Lipinski definition) is 1. The normalized spacial score (nSPS) is 32.1. The number of aromatic hydroxyl groups is 1.